The third-order valence-corrected chi connectivity index (χ3v) is 5.48. The molecule has 31 heavy (non-hydrogen) atoms. The van der Waals surface area contributed by atoms with Crippen LogP contribution in [0.15, 0.2) is 41.6 Å². The number of anilines is 1. The van der Waals surface area contributed by atoms with Gasteiger partial charge >= 0.3 is 0 Å². The molecule has 1 amide bonds. The van der Waals surface area contributed by atoms with Crippen LogP contribution in [0.4, 0.5) is 14.5 Å². The number of nitrogens with zero attached hydrogens (tertiary/aromatic N) is 4. The standard InChI is InChI=1S/C21H17ClF2N4O2S/c1-3-4-17(29)28-16-8-5-11(22)9-14(16)18-19(25-21(31-2)27-26-18)30-20(28)13-10-12(23)6-7-15(13)24/h5-10,20H,3-4H2,1-2H3/t20-/m1/s1. The van der Waals surface area contributed by atoms with Gasteiger partial charge in [0.25, 0.3) is 0 Å². The maximum atomic E-state index is 14.8. The van der Waals surface area contributed by atoms with Crippen molar-refractivity contribution in [1.82, 2.24) is 15.2 Å². The molecule has 1 atom stereocenters. The molecular formula is C21H17ClF2N4O2S. The Morgan fingerprint density at radius 1 is 1.23 bits per heavy atom. The van der Waals surface area contributed by atoms with E-state index in [-0.39, 0.29) is 29.5 Å². The summed E-state index contributed by atoms with van der Waals surface area (Å²) in [4.78, 5) is 18.8. The average molecular weight is 463 g/mol. The second kappa shape index (κ2) is 8.76. The van der Waals surface area contributed by atoms with E-state index in [0.29, 0.717) is 27.9 Å². The maximum absolute atomic E-state index is 14.8. The summed E-state index contributed by atoms with van der Waals surface area (Å²) in [5, 5.41) is 9.00. The normalized spacial score (nSPS) is 15.0. The second-order valence-corrected chi connectivity index (χ2v) is 7.97. The van der Waals surface area contributed by atoms with Gasteiger partial charge in [-0.25, -0.2) is 8.78 Å². The van der Waals surface area contributed by atoms with Gasteiger partial charge in [0.15, 0.2) is 5.69 Å². The van der Waals surface area contributed by atoms with Gasteiger partial charge in [-0.3, -0.25) is 9.69 Å². The van der Waals surface area contributed by atoms with Gasteiger partial charge in [-0.2, -0.15) is 4.98 Å². The minimum atomic E-state index is -1.30. The summed E-state index contributed by atoms with van der Waals surface area (Å²) in [5.41, 5.74) is 0.966. The van der Waals surface area contributed by atoms with Crippen molar-refractivity contribution in [1.29, 1.82) is 0 Å². The highest BCUT2D eigenvalue weighted by molar-refractivity contribution is 7.98. The number of amides is 1. The molecule has 4 rings (SSSR count). The highest BCUT2D eigenvalue weighted by Gasteiger charge is 2.37. The number of carbonyl (C=O) groups is 1. The summed E-state index contributed by atoms with van der Waals surface area (Å²) >= 11 is 7.46. The summed E-state index contributed by atoms with van der Waals surface area (Å²) in [7, 11) is 0. The summed E-state index contributed by atoms with van der Waals surface area (Å²) in [6, 6.07) is 7.86. The van der Waals surface area contributed by atoms with Crippen LogP contribution in [0.2, 0.25) is 5.02 Å². The smallest absolute Gasteiger partial charge is 0.247 e. The molecule has 0 saturated carbocycles. The lowest BCUT2D eigenvalue weighted by Crippen LogP contribution is -2.38. The average Bonchev–Trinajstić information content (AvgIpc) is 2.89. The fraction of sp³-hybridized carbons (Fsp3) is 0.238. The van der Waals surface area contributed by atoms with Crippen molar-refractivity contribution in [3.8, 4) is 17.1 Å². The Bertz CT molecular complexity index is 1160. The third-order valence-electron chi connectivity index (χ3n) is 4.71. The van der Waals surface area contributed by atoms with E-state index in [1.807, 2.05) is 6.92 Å². The number of carbonyl (C=O) groups excluding carboxylic acids is 1. The van der Waals surface area contributed by atoms with Gasteiger partial charge in [-0.15, -0.1) is 10.2 Å². The molecule has 0 unspecified atom stereocenters. The molecule has 0 aliphatic carbocycles. The van der Waals surface area contributed by atoms with Gasteiger partial charge in [-0.1, -0.05) is 30.3 Å². The van der Waals surface area contributed by atoms with Crippen LogP contribution in [0, 0.1) is 11.6 Å². The molecule has 0 fully saturated rings. The van der Waals surface area contributed by atoms with Crippen LogP contribution in [0.3, 0.4) is 0 Å². The van der Waals surface area contributed by atoms with Crippen LogP contribution in [0.25, 0.3) is 11.3 Å². The summed E-state index contributed by atoms with van der Waals surface area (Å²) in [6.07, 6.45) is 1.19. The van der Waals surface area contributed by atoms with E-state index in [0.717, 1.165) is 18.2 Å². The monoisotopic (exact) mass is 462 g/mol. The second-order valence-electron chi connectivity index (χ2n) is 6.76. The van der Waals surface area contributed by atoms with Crippen molar-refractivity contribution in [3.05, 3.63) is 58.6 Å². The molecule has 10 heteroatoms. The van der Waals surface area contributed by atoms with Crippen molar-refractivity contribution in [3.63, 3.8) is 0 Å². The Kier molecular flexibility index (Phi) is 6.06. The highest BCUT2D eigenvalue weighted by atomic mass is 35.5. The first kappa shape index (κ1) is 21.5. The zero-order valence-corrected chi connectivity index (χ0v) is 18.2. The van der Waals surface area contributed by atoms with Crippen LogP contribution in [-0.2, 0) is 4.79 Å². The van der Waals surface area contributed by atoms with E-state index in [4.69, 9.17) is 16.3 Å². The summed E-state index contributed by atoms with van der Waals surface area (Å²) in [6.45, 7) is 1.85. The van der Waals surface area contributed by atoms with Crippen molar-refractivity contribution in [2.24, 2.45) is 0 Å². The Morgan fingerprint density at radius 3 is 2.77 bits per heavy atom. The zero-order chi connectivity index (χ0) is 22.1. The first-order chi connectivity index (χ1) is 14.9. The number of hydrogen-bond donors (Lipinski definition) is 0. The van der Waals surface area contributed by atoms with E-state index in [1.54, 1.807) is 24.5 Å². The van der Waals surface area contributed by atoms with Gasteiger partial charge in [0.05, 0.1) is 11.3 Å². The van der Waals surface area contributed by atoms with E-state index in [2.05, 4.69) is 15.2 Å². The molecule has 160 valence electrons. The first-order valence-corrected chi connectivity index (χ1v) is 11.1. The number of rotatable bonds is 4. The highest BCUT2D eigenvalue weighted by Crippen LogP contribution is 2.45. The number of fused-ring (bicyclic) bond motifs is 3. The molecule has 1 aromatic heterocycles. The quantitative estimate of drug-likeness (QED) is 0.482. The molecule has 2 aromatic carbocycles. The molecule has 2 heterocycles. The maximum Gasteiger partial charge on any atom is 0.247 e. The van der Waals surface area contributed by atoms with Gasteiger partial charge in [0.1, 0.15) is 11.6 Å². The number of aromatic nitrogens is 3. The number of hydrogen-bond acceptors (Lipinski definition) is 6. The SMILES string of the molecule is CCCC(=O)N1c2ccc(Cl)cc2-c2nnc(SC)nc2O[C@@H]1c1cc(F)ccc1F. The molecule has 3 aromatic rings. The predicted octanol–water partition coefficient (Wildman–Crippen LogP) is 5.42. The van der Waals surface area contributed by atoms with Crippen LogP contribution < -0.4 is 9.64 Å². The van der Waals surface area contributed by atoms with Crippen molar-refractivity contribution in [2.45, 2.75) is 31.1 Å². The molecule has 0 N–H and O–H groups in total. The van der Waals surface area contributed by atoms with Crippen molar-refractivity contribution >= 4 is 35.0 Å². The van der Waals surface area contributed by atoms with Crippen molar-refractivity contribution in [2.75, 3.05) is 11.2 Å². The molecule has 6 nitrogen and oxygen atoms in total. The molecule has 0 radical (unpaired) electrons. The van der Waals surface area contributed by atoms with E-state index in [1.165, 1.54) is 16.7 Å². The summed E-state index contributed by atoms with van der Waals surface area (Å²) in [5.74, 6) is -1.66. The molecule has 1 aliphatic rings. The first-order valence-electron chi connectivity index (χ1n) is 9.45. The number of benzene rings is 2. The van der Waals surface area contributed by atoms with Crippen LogP contribution >= 0.6 is 23.4 Å². The van der Waals surface area contributed by atoms with Crippen molar-refractivity contribution < 1.29 is 18.3 Å². The van der Waals surface area contributed by atoms with E-state index < -0.39 is 17.9 Å². The van der Waals surface area contributed by atoms with Crippen LogP contribution in [-0.4, -0.2) is 27.3 Å². The molecule has 1 aliphatic heterocycles. The Hall–Kier alpha value is -2.78. The topological polar surface area (TPSA) is 68.2 Å². The number of thioether (sulfide) groups is 1. The number of ether oxygens (including phenoxy) is 1. The molecule has 0 spiro atoms. The largest absolute Gasteiger partial charge is 0.447 e. The molecular weight excluding hydrogens is 446 g/mol. The summed E-state index contributed by atoms with van der Waals surface area (Å²) < 4.78 is 34.9. The van der Waals surface area contributed by atoms with E-state index in [9.17, 15) is 13.6 Å². The van der Waals surface area contributed by atoms with Gasteiger partial charge in [0.2, 0.25) is 23.2 Å². The third kappa shape index (κ3) is 4.07. The molecule has 0 bridgehead atoms. The van der Waals surface area contributed by atoms with Gasteiger partial charge < -0.3 is 4.74 Å². The lowest BCUT2D eigenvalue weighted by Gasteiger charge is -2.31. The Labute approximate surface area is 186 Å². The predicted molar refractivity (Wildman–Crippen MR) is 114 cm³/mol. The fourth-order valence-electron chi connectivity index (χ4n) is 3.33. The van der Waals surface area contributed by atoms with E-state index >= 15 is 0 Å². The lowest BCUT2D eigenvalue weighted by atomic mass is 10.1. The van der Waals surface area contributed by atoms with Crippen LogP contribution in [0.1, 0.15) is 31.6 Å². The lowest BCUT2D eigenvalue weighted by molar-refractivity contribution is -0.120. The zero-order valence-electron chi connectivity index (χ0n) is 16.6. The minimum Gasteiger partial charge on any atom is -0.447 e. The Morgan fingerprint density at radius 2 is 2.03 bits per heavy atom. The molecule has 0 saturated heterocycles. The van der Waals surface area contributed by atoms with Gasteiger partial charge in [0, 0.05) is 17.0 Å². The number of halogens is 3. The minimum absolute atomic E-state index is 0.0447. The Balaban J connectivity index is 2.02. The fourth-order valence-corrected chi connectivity index (χ4v) is 3.80. The van der Waals surface area contributed by atoms with Gasteiger partial charge in [-0.05, 0) is 49.1 Å². The van der Waals surface area contributed by atoms with Crippen LogP contribution in [0.5, 0.6) is 5.88 Å².